The molecule has 0 aromatic carbocycles. The number of hydrogen-bond donors (Lipinski definition) is 1. The van der Waals surface area contributed by atoms with Crippen molar-refractivity contribution in [3.8, 4) is 0 Å². The van der Waals surface area contributed by atoms with Crippen molar-refractivity contribution in [2.75, 3.05) is 6.61 Å². The largest absolute Gasteiger partial charge is 0.396 e. The molecule has 1 unspecified atom stereocenters. The molecular formula is C12H23O. The summed E-state index contributed by atoms with van der Waals surface area (Å²) < 4.78 is 0. The predicted molar refractivity (Wildman–Crippen MR) is 56.4 cm³/mol. The molecule has 1 aliphatic rings. The first-order chi connectivity index (χ1) is 6.36. The lowest BCUT2D eigenvalue weighted by atomic mass is 9.82. The molecule has 1 saturated carbocycles. The minimum absolute atomic E-state index is 0.386. The summed E-state index contributed by atoms with van der Waals surface area (Å²) in [6.07, 6.45) is 10.5. The van der Waals surface area contributed by atoms with Crippen LogP contribution in [0.1, 0.15) is 58.3 Å². The van der Waals surface area contributed by atoms with Crippen molar-refractivity contribution >= 4 is 0 Å². The molecule has 0 aromatic rings. The van der Waals surface area contributed by atoms with Gasteiger partial charge in [-0.2, -0.15) is 0 Å². The second-order valence-electron chi connectivity index (χ2n) is 4.35. The summed E-state index contributed by atoms with van der Waals surface area (Å²) in [5.41, 5.74) is 0. The van der Waals surface area contributed by atoms with E-state index in [2.05, 4.69) is 6.92 Å². The van der Waals surface area contributed by atoms with Gasteiger partial charge in [-0.1, -0.05) is 32.6 Å². The van der Waals surface area contributed by atoms with Gasteiger partial charge in [0.05, 0.1) is 0 Å². The monoisotopic (exact) mass is 183 g/mol. The maximum absolute atomic E-state index is 9.17. The molecule has 13 heavy (non-hydrogen) atoms. The van der Waals surface area contributed by atoms with Crippen molar-refractivity contribution in [1.82, 2.24) is 0 Å². The Morgan fingerprint density at radius 1 is 1.23 bits per heavy atom. The van der Waals surface area contributed by atoms with Crippen LogP contribution < -0.4 is 0 Å². The van der Waals surface area contributed by atoms with E-state index >= 15 is 0 Å². The van der Waals surface area contributed by atoms with Gasteiger partial charge in [0.1, 0.15) is 0 Å². The van der Waals surface area contributed by atoms with Crippen LogP contribution in [0.5, 0.6) is 0 Å². The van der Waals surface area contributed by atoms with Gasteiger partial charge in [0.15, 0.2) is 0 Å². The maximum Gasteiger partial charge on any atom is 0.0459 e. The lowest BCUT2D eigenvalue weighted by Crippen LogP contribution is -2.13. The highest BCUT2D eigenvalue weighted by atomic mass is 16.3. The molecule has 0 aliphatic heterocycles. The summed E-state index contributed by atoms with van der Waals surface area (Å²) in [7, 11) is 0. The van der Waals surface area contributed by atoms with Gasteiger partial charge in [-0.25, -0.2) is 0 Å². The first-order valence-corrected chi connectivity index (χ1v) is 5.81. The smallest absolute Gasteiger partial charge is 0.0459 e. The van der Waals surface area contributed by atoms with Gasteiger partial charge in [-0.15, -0.1) is 0 Å². The highest BCUT2D eigenvalue weighted by molar-refractivity contribution is 4.93. The average Bonchev–Trinajstić information content (AvgIpc) is 2.19. The van der Waals surface area contributed by atoms with Crippen LogP contribution >= 0.6 is 0 Å². The summed E-state index contributed by atoms with van der Waals surface area (Å²) in [6.45, 7) is 2.59. The van der Waals surface area contributed by atoms with Crippen molar-refractivity contribution in [2.45, 2.75) is 58.3 Å². The van der Waals surface area contributed by atoms with Gasteiger partial charge in [-0.05, 0) is 37.5 Å². The third-order valence-electron chi connectivity index (χ3n) is 3.09. The zero-order chi connectivity index (χ0) is 9.52. The van der Waals surface area contributed by atoms with Gasteiger partial charge in [-0.3, -0.25) is 0 Å². The van der Waals surface area contributed by atoms with E-state index in [-0.39, 0.29) is 0 Å². The molecule has 0 bridgehead atoms. The molecule has 1 heteroatoms. The van der Waals surface area contributed by atoms with Crippen LogP contribution in [0, 0.1) is 11.8 Å². The number of hydrogen-bond acceptors (Lipinski definition) is 1. The van der Waals surface area contributed by atoms with Gasteiger partial charge in [0, 0.05) is 6.61 Å². The first kappa shape index (κ1) is 11.0. The molecule has 77 valence electrons. The van der Waals surface area contributed by atoms with E-state index in [4.69, 9.17) is 0 Å². The van der Waals surface area contributed by atoms with Crippen LogP contribution in [0.4, 0.5) is 0 Å². The fraction of sp³-hybridized carbons (Fsp3) is 0.917. The Morgan fingerprint density at radius 2 is 1.92 bits per heavy atom. The molecule has 1 radical (unpaired) electrons. The van der Waals surface area contributed by atoms with Crippen LogP contribution in [0.2, 0.25) is 0 Å². The molecule has 1 N–H and O–H groups in total. The van der Waals surface area contributed by atoms with Crippen LogP contribution in [0.25, 0.3) is 0 Å². The molecular weight excluding hydrogens is 160 g/mol. The van der Waals surface area contributed by atoms with Crippen LogP contribution in [0.3, 0.4) is 0 Å². The molecule has 0 saturated heterocycles. The van der Waals surface area contributed by atoms with E-state index < -0.39 is 0 Å². The topological polar surface area (TPSA) is 20.2 Å². The van der Waals surface area contributed by atoms with Crippen molar-refractivity contribution in [2.24, 2.45) is 5.92 Å². The fourth-order valence-electron chi connectivity index (χ4n) is 2.33. The molecule has 1 aliphatic carbocycles. The average molecular weight is 183 g/mol. The quantitative estimate of drug-likeness (QED) is 0.693. The Balaban J connectivity index is 2.18. The van der Waals surface area contributed by atoms with E-state index in [1.165, 1.54) is 51.4 Å². The summed E-state index contributed by atoms with van der Waals surface area (Å²) >= 11 is 0. The Morgan fingerprint density at radius 3 is 2.46 bits per heavy atom. The van der Waals surface area contributed by atoms with Crippen molar-refractivity contribution in [1.29, 1.82) is 0 Å². The Labute approximate surface area is 82.5 Å². The van der Waals surface area contributed by atoms with Crippen LogP contribution in [0.15, 0.2) is 0 Å². The molecule has 0 amide bonds. The molecule has 0 aromatic heterocycles. The van der Waals surface area contributed by atoms with Gasteiger partial charge < -0.3 is 5.11 Å². The van der Waals surface area contributed by atoms with Gasteiger partial charge >= 0.3 is 0 Å². The normalized spacial score (nSPS) is 21.7. The lowest BCUT2D eigenvalue weighted by molar-refractivity contribution is 0.208. The van der Waals surface area contributed by atoms with Crippen molar-refractivity contribution < 1.29 is 5.11 Å². The zero-order valence-electron chi connectivity index (χ0n) is 8.89. The zero-order valence-corrected chi connectivity index (χ0v) is 8.89. The summed E-state index contributed by atoms with van der Waals surface area (Å²) in [5, 5.41) is 9.17. The van der Waals surface area contributed by atoms with E-state index in [1.54, 1.807) is 5.92 Å². The predicted octanol–water partition coefficient (Wildman–Crippen LogP) is 3.32. The van der Waals surface area contributed by atoms with E-state index in [0.717, 1.165) is 0 Å². The highest BCUT2D eigenvalue weighted by Crippen LogP contribution is 2.31. The van der Waals surface area contributed by atoms with E-state index in [1.807, 2.05) is 0 Å². The third-order valence-corrected chi connectivity index (χ3v) is 3.09. The Bertz CT molecular complexity index is 114. The molecule has 0 spiro atoms. The number of aliphatic hydroxyl groups excluding tert-OH is 1. The standard InChI is InChI=1S/C12H23O/c1-2-6-12(10-13)9-11-7-4-3-5-8-11/h12-13H,2-10H2,1H3. The summed E-state index contributed by atoms with van der Waals surface area (Å²) in [5.74, 6) is 2.27. The summed E-state index contributed by atoms with van der Waals surface area (Å²) in [6, 6.07) is 0. The lowest BCUT2D eigenvalue weighted by Gasteiger charge is -2.24. The van der Waals surface area contributed by atoms with Crippen molar-refractivity contribution in [3.05, 3.63) is 5.92 Å². The Hall–Kier alpha value is -0.0400. The van der Waals surface area contributed by atoms with Gasteiger partial charge in [0.25, 0.3) is 0 Å². The highest BCUT2D eigenvalue weighted by Gasteiger charge is 2.18. The minimum Gasteiger partial charge on any atom is -0.396 e. The first-order valence-electron chi connectivity index (χ1n) is 5.81. The number of aliphatic hydroxyl groups is 1. The third kappa shape index (κ3) is 4.12. The van der Waals surface area contributed by atoms with Crippen LogP contribution in [-0.2, 0) is 0 Å². The van der Waals surface area contributed by atoms with Crippen molar-refractivity contribution in [3.63, 3.8) is 0 Å². The van der Waals surface area contributed by atoms with Crippen LogP contribution in [-0.4, -0.2) is 11.7 Å². The SMILES string of the molecule is CCCC(CO)C[C]1CCCCC1. The molecule has 1 atom stereocenters. The molecule has 0 heterocycles. The second-order valence-corrected chi connectivity index (χ2v) is 4.35. The second kappa shape index (κ2) is 6.42. The molecule has 1 rings (SSSR count). The summed E-state index contributed by atoms with van der Waals surface area (Å²) in [4.78, 5) is 0. The fourth-order valence-corrected chi connectivity index (χ4v) is 2.33. The van der Waals surface area contributed by atoms with Gasteiger partial charge in [0.2, 0.25) is 0 Å². The number of rotatable bonds is 5. The van der Waals surface area contributed by atoms with E-state index in [0.29, 0.717) is 12.5 Å². The minimum atomic E-state index is 0.386. The van der Waals surface area contributed by atoms with E-state index in [9.17, 15) is 5.11 Å². The maximum atomic E-state index is 9.17. The Kier molecular flexibility index (Phi) is 5.45. The molecule has 1 fully saturated rings. The molecule has 1 nitrogen and oxygen atoms in total.